The van der Waals surface area contributed by atoms with Gasteiger partial charge in [0.1, 0.15) is 11.0 Å². The maximum Gasteiger partial charge on any atom is 0.239 e. The van der Waals surface area contributed by atoms with Gasteiger partial charge in [-0.1, -0.05) is 67.2 Å². The number of hydrogen-bond donors (Lipinski definition) is 5. The summed E-state index contributed by atoms with van der Waals surface area (Å²) in [7, 11) is 0. The van der Waals surface area contributed by atoms with Crippen LogP contribution in [-0.2, 0) is 0 Å². The molecule has 58 heavy (non-hydrogen) atoms. The molecule has 0 bridgehead atoms. The average molecular weight is 772 g/mol. The van der Waals surface area contributed by atoms with Crippen molar-refractivity contribution in [2.45, 2.75) is 86.5 Å². The lowest BCUT2D eigenvalue weighted by Gasteiger charge is -2.17. The number of fused-ring (bicyclic) bond motifs is 2. The molecule has 0 radical (unpaired) electrons. The monoisotopic (exact) mass is 771 g/mol. The largest absolute Gasteiger partial charge is 0.398 e. The summed E-state index contributed by atoms with van der Waals surface area (Å²) >= 11 is 0. The minimum Gasteiger partial charge on any atom is -0.398 e. The number of aromatic nitrogens is 2. The zero-order valence-corrected chi connectivity index (χ0v) is 35.1. The third kappa shape index (κ3) is 9.51. The first-order valence-electron chi connectivity index (χ1n) is 20.8. The second-order valence-electron chi connectivity index (χ2n) is 16.1. The Hall–Kier alpha value is -6.15. The van der Waals surface area contributed by atoms with Crippen molar-refractivity contribution in [1.82, 2.24) is 10.3 Å². The number of aliphatic imine (C=N–C) groups is 1. The lowest BCUT2D eigenvalue weighted by atomic mass is 10.0. The first-order chi connectivity index (χ1) is 28.0. The number of nitrogens with zero attached hydrogens (tertiary/aromatic N) is 3. The molecule has 0 amide bonds. The van der Waals surface area contributed by atoms with Crippen LogP contribution < -0.4 is 32.0 Å². The summed E-state index contributed by atoms with van der Waals surface area (Å²) in [5.74, 6) is 0. The average Bonchev–Trinajstić information content (AvgIpc) is 3.19. The Morgan fingerprint density at radius 2 is 1.21 bits per heavy atom. The van der Waals surface area contributed by atoms with Crippen molar-refractivity contribution in [3.05, 3.63) is 136 Å². The highest BCUT2D eigenvalue weighted by Gasteiger charge is 2.22. The second-order valence-corrected chi connectivity index (χ2v) is 16.1. The van der Waals surface area contributed by atoms with Gasteiger partial charge in [-0.2, -0.15) is 0 Å². The normalized spacial score (nSPS) is 13.5. The van der Waals surface area contributed by atoms with Gasteiger partial charge in [0.05, 0.1) is 11.4 Å². The lowest BCUT2D eigenvalue weighted by molar-refractivity contribution is -0.538. The minimum atomic E-state index is 0.756. The fourth-order valence-electron chi connectivity index (χ4n) is 7.63. The number of aryl methyl sites for hydroxylation is 5. The van der Waals surface area contributed by atoms with E-state index >= 15 is 0 Å². The van der Waals surface area contributed by atoms with E-state index in [2.05, 4.69) is 139 Å². The smallest absolute Gasteiger partial charge is 0.239 e. The molecule has 1 heterocycles. The summed E-state index contributed by atoms with van der Waals surface area (Å²) in [5, 5.41) is 11.0. The van der Waals surface area contributed by atoms with Crippen molar-refractivity contribution in [3.8, 4) is 5.69 Å². The Morgan fingerprint density at radius 1 is 0.621 bits per heavy atom. The van der Waals surface area contributed by atoms with Crippen molar-refractivity contribution in [3.63, 3.8) is 0 Å². The van der Waals surface area contributed by atoms with Crippen LogP contribution in [0.3, 0.4) is 0 Å². The predicted molar refractivity (Wildman–Crippen MR) is 247 cm³/mol. The number of anilines is 5. The third-order valence-corrected chi connectivity index (χ3v) is 11.2. The Bertz CT molecular complexity index is 2530. The molecule has 0 saturated carbocycles. The molecule has 7 N–H and O–H groups in total. The number of nitrogens with two attached hydrogens (primary N) is 2. The number of rotatable bonds is 15. The van der Waals surface area contributed by atoms with Gasteiger partial charge in [-0.3, -0.25) is 4.99 Å². The number of nitrogens with one attached hydrogen (secondary N) is 3. The Labute approximate surface area is 344 Å². The van der Waals surface area contributed by atoms with E-state index in [0.29, 0.717) is 0 Å². The summed E-state index contributed by atoms with van der Waals surface area (Å²) in [6, 6.07) is 29.7. The van der Waals surface area contributed by atoms with Crippen LogP contribution in [0.2, 0.25) is 0 Å². The molecular formula is C50H59N8+. The topological polar surface area (TPSA) is 117 Å². The maximum atomic E-state index is 6.41. The molecule has 1 aromatic heterocycles. The van der Waals surface area contributed by atoms with Crippen LogP contribution in [0.15, 0.2) is 113 Å². The number of unbranched alkanes of at least 4 members (excludes halogenated alkanes) is 5. The lowest BCUT2D eigenvalue weighted by Crippen LogP contribution is -2.33. The molecule has 7 rings (SSSR count). The van der Waals surface area contributed by atoms with Gasteiger partial charge in [0, 0.05) is 77.9 Å². The van der Waals surface area contributed by atoms with Crippen LogP contribution in [0, 0.1) is 34.6 Å². The number of nitrogen functional groups attached to an aromatic ring is 2. The van der Waals surface area contributed by atoms with Gasteiger partial charge in [0.25, 0.3) is 0 Å². The standard InChI is InChI=1S/C50H58N8/c1-32-13-17-38(18-14-32)55-46-29-41(51)34(3)26-45(46)56-39-19-22-43(36(5)25-39)53-23-11-9-7-8-10-12-24-54-44-31-50-48(28-37(44)6)57-47-27-35(4)42(52)30-49(47)58(50)40-20-15-33(2)16-21-40/h13-18,20-22,25-31,53,55H,7-12,19,23-24,51H2,1-6H3,(H2,52,54)/p+1. The van der Waals surface area contributed by atoms with Crippen molar-refractivity contribution >= 4 is 61.9 Å². The summed E-state index contributed by atoms with van der Waals surface area (Å²) < 4.78 is 2.30. The van der Waals surface area contributed by atoms with E-state index in [9.17, 15) is 0 Å². The van der Waals surface area contributed by atoms with Crippen molar-refractivity contribution in [2.24, 2.45) is 4.99 Å². The van der Waals surface area contributed by atoms with E-state index in [4.69, 9.17) is 21.4 Å². The molecule has 6 aromatic rings. The van der Waals surface area contributed by atoms with Crippen molar-refractivity contribution in [1.29, 1.82) is 0 Å². The zero-order chi connectivity index (χ0) is 40.8. The number of allylic oxidation sites excluding steroid dienone is 3. The first-order valence-corrected chi connectivity index (χ1v) is 20.8. The summed E-state index contributed by atoms with van der Waals surface area (Å²) in [6.45, 7) is 14.5. The van der Waals surface area contributed by atoms with Crippen molar-refractivity contribution < 1.29 is 4.57 Å². The Kier molecular flexibility index (Phi) is 12.4. The van der Waals surface area contributed by atoms with E-state index in [0.717, 1.165) is 111 Å². The van der Waals surface area contributed by atoms with E-state index in [1.165, 1.54) is 53.6 Å². The van der Waals surface area contributed by atoms with Gasteiger partial charge < -0.3 is 27.4 Å². The first kappa shape index (κ1) is 40.1. The molecule has 0 unspecified atom stereocenters. The molecule has 0 atom stereocenters. The minimum absolute atomic E-state index is 0.756. The van der Waals surface area contributed by atoms with Gasteiger partial charge >= 0.3 is 0 Å². The fourth-order valence-corrected chi connectivity index (χ4v) is 7.63. The molecule has 1 aliphatic rings. The Balaban J connectivity index is 0.869. The molecule has 8 heteroatoms. The summed E-state index contributed by atoms with van der Waals surface area (Å²) in [4.78, 5) is 10.2. The highest BCUT2D eigenvalue weighted by Crippen LogP contribution is 2.34. The second kappa shape index (κ2) is 18.0. The molecule has 0 fully saturated rings. The number of benzene rings is 5. The molecule has 0 saturated heterocycles. The quantitative estimate of drug-likeness (QED) is 0.0307. The SMILES string of the molecule is CC1=CC(=Nc2cc(C)c(N)cc2Nc2ccc(C)cc2)CC=C1NCCCCCCCCNc1cc2c(cc1C)nc1cc(C)c(N)cc1[n+]2-c1ccc(C)cc1. The van der Waals surface area contributed by atoms with Gasteiger partial charge in [-0.25, -0.2) is 4.98 Å². The van der Waals surface area contributed by atoms with Crippen molar-refractivity contribution in [2.75, 3.05) is 35.2 Å². The van der Waals surface area contributed by atoms with Crippen LogP contribution in [0.25, 0.3) is 27.8 Å². The van der Waals surface area contributed by atoms with Gasteiger partial charge in [-0.15, -0.1) is 4.57 Å². The number of hydrogen-bond acceptors (Lipinski definition) is 7. The molecule has 298 valence electrons. The fraction of sp³-hybridized carbons (Fsp3) is 0.300. The highest BCUT2D eigenvalue weighted by atomic mass is 15.0. The molecule has 8 nitrogen and oxygen atoms in total. The van der Waals surface area contributed by atoms with Crippen LogP contribution in [0.1, 0.15) is 79.7 Å². The third-order valence-electron chi connectivity index (χ3n) is 11.2. The molecular weight excluding hydrogens is 713 g/mol. The Morgan fingerprint density at radius 3 is 1.90 bits per heavy atom. The molecule has 1 aliphatic carbocycles. The van der Waals surface area contributed by atoms with Crippen LogP contribution in [-0.4, -0.2) is 23.8 Å². The molecule has 5 aromatic carbocycles. The maximum absolute atomic E-state index is 6.41. The highest BCUT2D eigenvalue weighted by molar-refractivity contribution is 6.01. The summed E-state index contributed by atoms with van der Waals surface area (Å²) in [6.07, 6.45) is 12.5. The van der Waals surface area contributed by atoms with Crippen LogP contribution >= 0.6 is 0 Å². The van der Waals surface area contributed by atoms with E-state index in [1.54, 1.807) is 0 Å². The molecule has 0 spiro atoms. The predicted octanol–water partition coefficient (Wildman–Crippen LogP) is 11.5. The van der Waals surface area contributed by atoms with Gasteiger partial charge in [0.2, 0.25) is 16.7 Å². The van der Waals surface area contributed by atoms with E-state index < -0.39 is 0 Å². The van der Waals surface area contributed by atoms with Gasteiger partial charge in [-0.05, 0) is 119 Å². The van der Waals surface area contributed by atoms with Crippen LogP contribution in [0.4, 0.5) is 34.1 Å². The van der Waals surface area contributed by atoms with E-state index in [1.807, 2.05) is 19.9 Å². The molecule has 0 aliphatic heterocycles. The zero-order valence-electron chi connectivity index (χ0n) is 35.1. The van der Waals surface area contributed by atoms with Crippen LogP contribution in [0.5, 0.6) is 0 Å². The van der Waals surface area contributed by atoms with Gasteiger partial charge in [0.15, 0.2) is 0 Å². The van der Waals surface area contributed by atoms with E-state index in [-0.39, 0.29) is 0 Å². The summed E-state index contributed by atoms with van der Waals surface area (Å²) in [5.41, 5.74) is 32.5.